The van der Waals surface area contributed by atoms with E-state index in [1.165, 1.54) is 31.7 Å². The van der Waals surface area contributed by atoms with Gasteiger partial charge in [0, 0.05) is 6.04 Å². The minimum absolute atomic E-state index is 0.310. The number of rotatable bonds is 4. The van der Waals surface area contributed by atoms with Gasteiger partial charge in [0.15, 0.2) is 0 Å². The van der Waals surface area contributed by atoms with E-state index >= 15 is 0 Å². The van der Waals surface area contributed by atoms with Crippen LogP contribution in [0, 0.1) is 29.0 Å². The first-order valence-electron chi connectivity index (χ1n) is 6.24. The zero-order valence-corrected chi connectivity index (χ0v) is 9.62. The Morgan fingerprint density at radius 3 is 2.35 bits per heavy atom. The molecule has 2 fully saturated rings. The second kappa shape index (κ2) is 4.03. The molecule has 0 aromatic heterocycles. The molecule has 17 heavy (non-hydrogen) atoms. The molecule has 2 saturated carbocycles. The third-order valence-corrected chi connectivity index (χ3v) is 3.68. The van der Waals surface area contributed by atoms with Gasteiger partial charge in [-0.3, -0.25) is 0 Å². The summed E-state index contributed by atoms with van der Waals surface area (Å²) in [5.41, 5.74) is 0.926. The van der Waals surface area contributed by atoms with Crippen molar-refractivity contribution in [1.82, 2.24) is 0 Å². The highest BCUT2D eigenvalue weighted by atomic mass is 19.1. The summed E-state index contributed by atoms with van der Waals surface area (Å²) in [6.45, 7) is 0. The van der Waals surface area contributed by atoms with Crippen LogP contribution in [0.1, 0.15) is 31.2 Å². The second-order valence-electron chi connectivity index (χ2n) is 5.15. The standard InChI is InChI=1S/C14H15FN2/c15-12-7-9(8-16)1-6-13(12)17-14(10-2-3-10)11-4-5-11/h1,6-7,10-11,14,17H,2-5H2. The lowest BCUT2D eigenvalue weighted by atomic mass is 10.1. The Morgan fingerprint density at radius 1 is 1.24 bits per heavy atom. The van der Waals surface area contributed by atoms with Crippen molar-refractivity contribution in [2.75, 3.05) is 5.32 Å². The Bertz CT molecular complexity index is 458. The number of anilines is 1. The lowest BCUT2D eigenvalue weighted by Crippen LogP contribution is -2.24. The summed E-state index contributed by atoms with van der Waals surface area (Å²) >= 11 is 0. The fraction of sp³-hybridized carbons (Fsp3) is 0.500. The Kier molecular flexibility index (Phi) is 2.51. The summed E-state index contributed by atoms with van der Waals surface area (Å²) < 4.78 is 13.8. The zero-order valence-electron chi connectivity index (χ0n) is 9.62. The zero-order chi connectivity index (χ0) is 11.8. The highest BCUT2D eigenvalue weighted by Crippen LogP contribution is 2.46. The number of hydrogen-bond acceptors (Lipinski definition) is 2. The van der Waals surface area contributed by atoms with Gasteiger partial charge in [-0.2, -0.15) is 5.26 Å². The quantitative estimate of drug-likeness (QED) is 0.861. The van der Waals surface area contributed by atoms with Crippen LogP contribution in [0.15, 0.2) is 18.2 Å². The minimum Gasteiger partial charge on any atom is -0.379 e. The van der Waals surface area contributed by atoms with Crippen LogP contribution in [0.3, 0.4) is 0 Å². The van der Waals surface area contributed by atoms with Crippen molar-refractivity contribution in [3.05, 3.63) is 29.6 Å². The molecule has 0 spiro atoms. The average molecular weight is 230 g/mol. The van der Waals surface area contributed by atoms with Crippen molar-refractivity contribution in [2.45, 2.75) is 31.7 Å². The predicted molar refractivity (Wildman–Crippen MR) is 64.0 cm³/mol. The van der Waals surface area contributed by atoms with Gasteiger partial charge in [-0.05, 0) is 55.7 Å². The molecular weight excluding hydrogens is 215 g/mol. The van der Waals surface area contributed by atoms with Gasteiger partial charge in [-0.15, -0.1) is 0 Å². The fourth-order valence-corrected chi connectivity index (χ4v) is 2.41. The molecule has 0 heterocycles. The van der Waals surface area contributed by atoms with Crippen LogP contribution in [0.25, 0.3) is 0 Å². The van der Waals surface area contributed by atoms with Gasteiger partial charge in [0.05, 0.1) is 17.3 Å². The van der Waals surface area contributed by atoms with Crippen molar-refractivity contribution in [3.63, 3.8) is 0 Å². The first-order valence-corrected chi connectivity index (χ1v) is 6.24. The number of benzene rings is 1. The molecule has 88 valence electrons. The smallest absolute Gasteiger partial charge is 0.147 e. The van der Waals surface area contributed by atoms with E-state index in [-0.39, 0.29) is 5.82 Å². The van der Waals surface area contributed by atoms with Crippen LogP contribution in [0.5, 0.6) is 0 Å². The van der Waals surface area contributed by atoms with E-state index < -0.39 is 0 Å². The van der Waals surface area contributed by atoms with Gasteiger partial charge >= 0.3 is 0 Å². The molecule has 0 aliphatic heterocycles. The molecule has 0 bridgehead atoms. The topological polar surface area (TPSA) is 35.8 Å². The van der Waals surface area contributed by atoms with Crippen LogP contribution in [-0.2, 0) is 0 Å². The molecule has 1 aromatic carbocycles. The van der Waals surface area contributed by atoms with E-state index in [0.29, 0.717) is 17.3 Å². The van der Waals surface area contributed by atoms with Crippen molar-refractivity contribution in [1.29, 1.82) is 5.26 Å². The summed E-state index contributed by atoms with van der Waals surface area (Å²) in [4.78, 5) is 0. The van der Waals surface area contributed by atoms with E-state index in [4.69, 9.17) is 5.26 Å². The van der Waals surface area contributed by atoms with Crippen LogP contribution >= 0.6 is 0 Å². The molecule has 3 heteroatoms. The number of hydrogen-bond donors (Lipinski definition) is 1. The van der Waals surface area contributed by atoms with Gasteiger partial charge in [-0.1, -0.05) is 0 Å². The van der Waals surface area contributed by atoms with Crippen LogP contribution < -0.4 is 5.32 Å². The highest BCUT2D eigenvalue weighted by Gasteiger charge is 2.41. The van der Waals surface area contributed by atoms with Crippen LogP contribution in [-0.4, -0.2) is 6.04 Å². The van der Waals surface area contributed by atoms with Crippen molar-refractivity contribution in [3.8, 4) is 6.07 Å². The average Bonchev–Trinajstić information content (AvgIpc) is 3.18. The first kappa shape index (κ1) is 10.6. The van der Waals surface area contributed by atoms with Gasteiger partial charge in [0.25, 0.3) is 0 Å². The van der Waals surface area contributed by atoms with Crippen molar-refractivity contribution in [2.24, 2.45) is 11.8 Å². The molecule has 0 saturated heterocycles. The van der Waals surface area contributed by atoms with Gasteiger partial charge in [-0.25, -0.2) is 4.39 Å². The largest absolute Gasteiger partial charge is 0.379 e. The molecule has 0 radical (unpaired) electrons. The van der Waals surface area contributed by atoms with Crippen molar-refractivity contribution < 1.29 is 4.39 Å². The van der Waals surface area contributed by atoms with E-state index in [1.54, 1.807) is 12.1 Å². The number of nitrogens with one attached hydrogen (secondary N) is 1. The maximum absolute atomic E-state index is 13.8. The fourth-order valence-electron chi connectivity index (χ4n) is 2.41. The molecule has 2 aliphatic rings. The van der Waals surface area contributed by atoms with E-state index in [0.717, 1.165) is 11.8 Å². The Labute approximate surface area is 100 Å². The highest BCUT2D eigenvalue weighted by molar-refractivity contribution is 5.50. The van der Waals surface area contributed by atoms with Gasteiger partial charge < -0.3 is 5.32 Å². The lowest BCUT2D eigenvalue weighted by molar-refractivity contribution is 0.557. The second-order valence-corrected chi connectivity index (χ2v) is 5.15. The maximum atomic E-state index is 13.8. The van der Waals surface area contributed by atoms with Crippen LogP contribution in [0.2, 0.25) is 0 Å². The monoisotopic (exact) mass is 230 g/mol. The van der Waals surface area contributed by atoms with Gasteiger partial charge in [0.2, 0.25) is 0 Å². The number of halogens is 1. The first-order chi connectivity index (χ1) is 8.28. The predicted octanol–water partition coefficient (Wildman–Crippen LogP) is 3.30. The molecule has 0 atom stereocenters. The SMILES string of the molecule is N#Cc1ccc(NC(C2CC2)C2CC2)c(F)c1. The molecule has 1 aromatic rings. The normalized spacial score (nSPS) is 19.1. The summed E-state index contributed by atoms with van der Waals surface area (Å²) in [6, 6.07) is 7.05. The molecule has 2 nitrogen and oxygen atoms in total. The molecule has 2 aliphatic carbocycles. The molecule has 0 unspecified atom stereocenters. The Balaban J connectivity index is 1.77. The third kappa shape index (κ3) is 2.26. The summed E-state index contributed by atoms with van der Waals surface area (Å²) in [6.07, 6.45) is 5.08. The minimum atomic E-state index is -0.310. The third-order valence-electron chi connectivity index (χ3n) is 3.68. The van der Waals surface area contributed by atoms with Crippen LogP contribution in [0.4, 0.5) is 10.1 Å². The molecule has 3 rings (SSSR count). The molecule has 0 amide bonds. The lowest BCUT2D eigenvalue weighted by Gasteiger charge is -2.19. The summed E-state index contributed by atoms with van der Waals surface area (Å²) in [5, 5.41) is 12.0. The number of nitriles is 1. The summed E-state index contributed by atoms with van der Waals surface area (Å²) in [7, 11) is 0. The van der Waals surface area contributed by atoms with Crippen molar-refractivity contribution >= 4 is 5.69 Å². The Morgan fingerprint density at radius 2 is 1.88 bits per heavy atom. The van der Waals surface area contributed by atoms with E-state index in [1.807, 2.05) is 6.07 Å². The molecular formula is C14H15FN2. The summed E-state index contributed by atoms with van der Waals surface area (Å²) in [5.74, 6) is 1.16. The van der Waals surface area contributed by atoms with Gasteiger partial charge in [0.1, 0.15) is 5.82 Å². The van der Waals surface area contributed by atoms with E-state index in [2.05, 4.69) is 5.32 Å². The Hall–Kier alpha value is -1.56. The maximum Gasteiger partial charge on any atom is 0.147 e. The van der Waals surface area contributed by atoms with E-state index in [9.17, 15) is 4.39 Å². The number of nitrogens with zero attached hydrogens (tertiary/aromatic N) is 1. The molecule has 1 N–H and O–H groups in total.